The molecule has 0 unspecified atom stereocenters. The van der Waals surface area contributed by atoms with Gasteiger partial charge in [-0.3, -0.25) is 13.9 Å². The van der Waals surface area contributed by atoms with Crippen molar-refractivity contribution in [2.45, 2.75) is 31.3 Å². The number of carbonyl (C=O) groups is 2. The summed E-state index contributed by atoms with van der Waals surface area (Å²) in [5, 5.41) is 2.56. The normalized spacial score (nSPS) is 11.8. The van der Waals surface area contributed by atoms with Crippen molar-refractivity contribution in [3.8, 4) is 17.2 Å². The smallest absolute Gasteiger partial charge is 0.264 e. The number of anilines is 1. The molecule has 0 spiro atoms. The quantitative estimate of drug-likeness (QED) is 0.356. The average molecular weight is 570 g/mol. The van der Waals surface area contributed by atoms with Crippen molar-refractivity contribution in [3.63, 3.8) is 0 Å². The van der Waals surface area contributed by atoms with Gasteiger partial charge in [-0.25, -0.2) is 8.42 Å². The van der Waals surface area contributed by atoms with Crippen LogP contribution < -0.4 is 23.8 Å². The number of aryl methyl sites for hydroxylation is 1. The minimum atomic E-state index is -4.26. The highest BCUT2D eigenvalue weighted by molar-refractivity contribution is 7.92. The number of likely N-dealkylation sites (N-methyl/N-ethyl adjacent to an activating group) is 1. The monoisotopic (exact) mass is 569 g/mol. The summed E-state index contributed by atoms with van der Waals surface area (Å²) in [6.07, 6.45) is 0. The molecule has 0 bridgehead atoms. The summed E-state index contributed by atoms with van der Waals surface area (Å²) in [6.45, 7) is 2.90. The molecule has 0 aliphatic carbocycles. The lowest BCUT2D eigenvalue weighted by Gasteiger charge is -2.32. The van der Waals surface area contributed by atoms with E-state index in [1.165, 1.54) is 44.4 Å². The Labute approximate surface area is 235 Å². The molecular weight excluding hydrogens is 534 g/mol. The highest BCUT2D eigenvalue weighted by Gasteiger charge is 2.34. The number of nitrogens with zero attached hydrogens (tertiary/aromatic N) is 2. The van der Waals surface area contributed by atoms with Crippen LogP contribution in [0, 0.1) is 6.92 Å². The predicted molar refractivity (Wildman–Crippen MR) is 152 cm³/mol. The minimum Gasteiger partial charge on any atom is -0.497 e. The summed E-state index contributed by atoms with van der Waals surface area (Å²) in [6, 6.07) is 17.2. The number of benzene rings is 3. The van der Waals surface area contributed by atoms with E-state index in [0.717, 1.165) is 15.4 Å². The summed E-state index contributed by atoms with van der Waals surface area (Å²) in [4.78, 5) is 27.9. The Hall–Kier alpha value is -4.25. The Balaban J connectivity index is 2.11. The van der Waals surface area contributed by atoms with Gasteiger partial charge in [-0.05, 0) is 55.8 Å². The molecular formula is C29H35N3O7S. The molecule has 1 atom stereocenters. The van der Waals surface area contributed by atoms with Crippen LogP contribution in [-0.2, 0) is 26.2 Å². The van der Waals surface area contributed by atoms with Crippen LogP contribution in [0.3, 0.4) is 0 Å². The van der Waals surface area contributed by atoms with E-state index in [0.29, 0.717) is 11.5 Å². The SMILES string of the molecule is CNC(=O)[C@H](C)N(Cc1ccc(OC)cc1)C(=O)CN(c1cc(OC)ccc1OC)S(=O)(=O)c1ccc(C)cc1. The van der Waals surface area contributed by atoms with Crippen LogP contribution >= 0.6 is 0 Å². The first kappa shape index (κ1) is 30.3. The van der Waals surface area contributed by atoms with E-state index in [2.05, 4.69) is 5.32 Å². The molecule has 0 radical (unpaired) electrons. The highest BCUT2D eigenvalue weighted by Crippen LogP contribution is 2.36. The number of ether oxygens (including phenoxy) is 3. The van der Waals surface area contributed by atoms with Crippen LogP contribution in [0.25, 0.3) is 0 Å². The molecule has 2 amide bonds. The van der Waals surface area contributed by atoms with Gasteiger partial charge in [0.1, 0.15) is 29.8 Å². The van der Waals surface area contributed by atoms with Gasteiger partial charge in [0.05, 0.1) is 31.9 Å². The molecule has 0 aliphatic rings. The third-order valence-electron chi connectivity index (χ3n) is 6.47. The van der Waals surface area contributed by atoms with Gasteiger partial charge in [-0.1, -0.05) is 29.8 Å². The molecule has 0 saturated carbocycles. The number of nitrogens with one attached hydrogen (secondary N) is 1. The van der Waals surface area contributed by atoms with Crippen LogP contribution in [0.4, 0.5) is 5.69 Å². The largest absolute Gasteiger partial charge is 0.497 e. The topological polar surface area (TPSA) is 114 Å². The third-order valence-corrected chi connectivity index (χ3v) is 8.24. The van der Waals surface area contributed by atoms with Crippen molar-refractivity contribution >= 4 is 27.5 Å². The Bertz CT molecular complexity index is 1420. The van der Waals surface area contributed by atoms with Crippen molar-refractivity contribution in [2.75, 3.05) is 39.2 Å². The Morgan fingerprint density at radius 3 is 2.02 bits per heavy atom. The van der Waals surface area contributed by atoms with E-state index in [-0.39, 0.29) is 22.9 Å². The van der Waals surface area contributed by atoms with Crippen molar-refractivity contribution in [1.29, 1.82) is 0 Å². The lowest BCUT2D eigenvalue weighted by atomic mass is 10.1. The molecule has 10 nitrogen and oxygen atoms in total. The van der Waals surface area contributed by atoms with Gasteiger partial charge in [-0.2, -0.15) is 0 Å². The number of sulfonamides is 1. The number of carbonyl (C=O) groups excluding carboxylic acids is 2. The van der Waals surface area contributed by atoms with Gasteiger partial charge in [0, 0.05) is 19.7 Å². The lowest BCUT2D eigenvalue weighted by Crippen LogP contribution is -2.50. The van der Waals surface area contributed by atoms with E-state index in [4.69, 9.17) is 14.2 Å². The third kappa shape index (κ3) is 6.84. The summed E-state index contributed by atoms with van der Waals surface area (Å²) in [7, 11) is 1.63. The van der Waals surface area contributed by atoms with Gasteiger partial charge < -0.3 is 24.4 Å². The molecule has 3 rings (SSSR count). The fourth-order valence-electron chi connectivity index (χ4n) is 4.06. The average Bonchev–Trinajstić information content (AvgIpc) is 2.97. The molecule has 0 saturated heterocycles. The lowest BCUT2D eigenvalue weighted by molar-refractivity contribution is -0.139. The van der Waals surface area contributed by atoms with E-state index in [9.17, 15) is 18.0 Å². The predicted octanol–water partition coefficient (Wildman–Crippen LogP) is 3.38. The Kier molecular flexibility index (Phi) is 10.0. The molecule has 214 valence electrons. The number of hydrogen-bond donors (Lipinski definition) is 1. The van der Waals surface area contributed by atoms with E-state index in [1.807, 2.05) is 6.92 Å². The number of hydrogen-bond acceptors (Lipinski definition) is 7. The van der Waals surface area contributed by atoms with E-state index < -0.39 is 34.4 Å². The molecule has 0 aliphatic heterocycles. The fraction of sp³-hybridized carbons (Fsp3) is 0.310. The maximum atomic E-state index is 14.0. The maximum absolute atomic E-state index is 14.0. The summed E-state index contributed by atoms with van der Waals surface area (Å²) in [5.74, 6) is 0.259. The van der Waals surface area contributed by atoms with Gasteiger partial charge in [-0.15, -0.1) is 0 Å². The Morgan fingerprint density at radius 2 is 1.48 bits per heavy atom. The second kappa shape index (κ2) is 13.2. The molecule has 11 heteroatoms. The zero-order valence-electron chi connectivity index (χ0n) is 23.5. The first-order valence-electron chi connectivity index (χ1n) is 12.5. The van der Waals surface area contributed by atoms with Crippen molar-refractivity contribution < 1.29 is 32.2 Å². The second-order valence-electron chi connectivity index (χ2n) is 9.02. The zero-order chi connectivity index (χ0) is 29.4. The first-order valence-corrected chi connectivity index (χ1v) is 13.9. The standard InChI is InChI=1S/C29H35N3O7S/c1-20-7-14-25(15-8-20)40(35,36)32(26-17-24(38-5)13-16-27(26)39-6)19-28(33)31(21(2)29(34)30-3)18-22-9-11-23(37-4)12-10-22/h7-17,21H,18-19H2,1-6H3,(H,30,34)/t21-/m0/s1. The van der Waals surface area contributed by atoms with Gasteiger partial charge >= 0.3 is 0 Å². The van der Waals surface area contributed by atoms with Crippen LogP contribution in [0.15, 0.2) is 71.6 Å². The van der Waals surface area contributed by atoms with Crippen molar-refractivity contribution in [1.82, 2.24) is 10.2 Å². The summed E-state index contributed by atoms with van der Waals surface area (Å²) < 4.78 is 45.1. The first-order chi connectivity index (χ1) is 19.0. The molecule has 1 N–H and O–H groups in total. The van der Waals surface area contributed by atoms with E-state index >= 15 is 0 Å². The Morgan fingerprint density at radius 1 is 0.875 bits per heavy atom. The molecule has 40 heavy (non-hydrogen) atoms. The fourth-order valence-corrected chi connectivity index (χ4v) is 5.48. The molecule has 0 fully saturated rings. The second-order valence-corrected chi connectivity index (χ2v) is 10.9. The molecule has 3 aromatic carbocycles. The minimum absolute atomic E-state index is 0.00294. The van der Waals surface area contributed by atoms with Gasteiger partial charge in [0.25, 0.3) is 10.0 Å². The van der Waals surface area contributed by atoms with Crippen LogP contribution in [-0.4, -0.2) is 66.1 Å². The molecule has 0 aromatic heterocycles. The van der Waals surface area contributed by atoms with Crippen LogP contribution in [0.5, 0.6) is 17.2 Å². The number of rotatable bonds is 12. The van der Waals surface area contributed by atoms with Crippen molar-refractivity contribution in [2.24, 2.45) is 0 Å². The molecule has 0 heterocycles. The van der Waals surface area contributed by atoms with Gasteiger partial charge in [0.15, 0.2) is 0 Å². The van der Waals surface area contributed by atoms with E-state index in [1.54, 1.807) is 62.6 Å². The number of amides is 2. The zero-order valence-corrected chi connectivity index (χ0v) is 24.3. The van der Waals surface area contributed by atoms with Crippen molar-refractivity contribution in [3.05, 3.63) is 77.9 Å². The highest BCUT2D eigenvalue weighted by atomic mass is 32.2. The number of methoxy groups -OCH3 is 3. The summed E-state index contributed by atoms with van der Waals surface area (Å²) in [5.41, 5.74) is 1.73. The molecule has 3 aromatic rings. The van der Waals surface area contributed by atoms with Crippen LogP contribution in [0.1, 0.15) is 18.1 Å². The summed E-state index contributed by atoms with van der Waals surface area (Å²) >= 11 is 0. The maximum Gasteiger partial charge on any atom is 0.264 e. The van der Waals surface area contributed by atoms with Gasteiger partial charge in [0.2, 0.25) is 11.8 Å². The van der Waals surface area contributed by atoms with Crippen LogP contribution in [0.2, 0.25) is 0 Å².